The molecule has 0 bridgehead atoms. The van der Waals surface area contributed by atoms with Crippen LogP contribution in [0.1, 0.15) is 38.7 Å². The van der Waals surface area contributed by atoms with Gasteiger partial charge in [-0.1, -0.05) is 18.2 Å². The number of ether oxygens (including phenoxy) is 1. The van der Waals surface area contributed by atoms with Gasteiger partial charge in [-0.25, -0.2) is 0 Å². The lowest BCUT2D eigenvalue weighted by Crippen LogP contribution is -2.38. The molecule has 0 saturated carbocycles. The van der Waals surface area contributed by atoms with Crippen molar-refractivity contribution < 1.29 is 9.53 Å². The smallest absolute Gasteiger partial charge is 0.230 e. The maximum atomic E-state index is 12.7. The number of carbonyl (C=O) groups is 1. The zero-order valence-corrected chi connectivity index (χ0v) is 13.4. The van der Waals surface area contributed by atoms with Crippen LogP contribution in [0.4, 0.5) is 5.69 Å². The van der Waals surface area contributed by atoms with Gasteiger partial charge in [-0.05, 0) is 38.8 Å². The predicted octanol–water partition coefficient (Wildman–Crippen LogP) is 2.86. The monoisotopic (exact) mass is 290 g/mol. The molecule has 1 aliphatic heterocycles. The largest absolute Gasteiger partial charge is 0.382 e. The fourth-order valence-electron chi connectivity index (χ4n) is 2.77. The van der Waals surface area contributed by atoms with Crippen molar-refractivity contribution >= 4 is 11.6 Å². The van der Waals surface area contributed by atoms with Crippen LogP contribution in [0.5, 0.6) is 0 Å². The van der Waals surface area contributed by atoms with Crippen molar-refractivity contribution in [3.05, 3.63) is 29.8 Å². The summed E-state index contributed by atoms with van der Waals surface area (Å²) < 4.78 is 5.53. The third kappa shape index (κ3) is 3.97. The minimum Gasteiger partial charge on any atom is -0.382 e. The highest BCUT2D eigenvalue weighted by molar-refractivity contribution is 5.86. The molecular formula is C17H26N2O2. The third-order valence-corrected chi connectivity index (χ3v) is 3.88. The number of hydrogen-bond acceptors (Lipinski definition) is 3. The highest BCUT2D eigenvalue weighted by atomic mass is 16.5. The van der Waals surface area contributed by atoms with Crippen LogP contribution in [-0.4, -0.2) is 43.2 Å². The van der Waals surface area contributed by atoms with E-state index >= 15 is 0 Å². The molecule has 1 aromatic carbocycles. The van der Waals surface area contributed by atoms with Gasteiger partial charge in [0, 0.05) is 25.3 Å². The summed E-state index contributed by atoms with van der Waals surface area (Å²) in [7, 11) is 1.86. The molecule has 1 aliphatic rings. The number of nitrogens with one attached hydrogen (secondary N) is 1. The Bertz CT molecular complexity index is 487. The quantitative estimate of drug-likeness (QED) is 0.906. The van der Waals surface area contributed by atoms with Gasteiger partial charge in [-0.15, -0.1) is 0 Å². The molecule has 21 heavy (non-hydrogen) atoms. The number of anilines is 1. The average Bonchev–Trinajstić information content (AvgIpc) is 2.45. The number of fused-ring (bicyclic) bond motifs is 1. The molecule has 1 aromatic rings. The summed E-state index contributed by atoms with van der Waals surface area (Å²) in [5.74, 6) is 0.129. The summed E-state index contributed by atoms with van der Waals surface area (Å²) >= 11 is 0. The number of rotatable bonds is 5. The average molecular weight is 290 g/mol. The molecule has 2 unspecified atom stereocenters. The first-order chi connectivity index (χ1) is 9.99. The molecule has 0 aromatic heterocycles. The number of likely N-dealkylation sites (N-methyl/N-ethyl adjacent to an activating group) is 1. The van der Waals surface area contributed by atoms with Gasteiger partial charge in [0.05, 0.1) is 18.6 Å². The lowest BCUT2D eigenvalue weighted by Gasteiger charge is -2.33. The van der Waals surface area contributed by atoms with E-state index in [1.807, 2.05) is 39.1 Å². The maximum absolute atomic E-state index is 12.7. The van der Waals surface area contributed by atoms with E-state index in [1.54, 1.807) is 4.90 Å². The first-order valence-corrected chi connectivity index (χ1v) is 7.71. The molecule has 0 saturated heterocycles. The fraction of sp³-hybridized carbons (Fsp3) is 0.588. The predicted molar refractivity (Wildman–Crippen MR) is 85.6 cm³/mol. The van der Waals surface area contributed by atoms with Crippen LogP contribution in [0.25, 0.3) is 0 Å². The van der Waals surface area contributed by atoms with Crippen molar-refractivity contribution in [1.29, 1.82) is 0 Å². The molecule has 116 valence electrons. The second-order valence-electron chi connectivity index (χ2n) is 6.10. The number of para-hydroxylation sites is 1. The Balaban J connectivity index is 2.05. The SMILES string of the molecule is CC1CC(C(=O)N(C)CCOC(C)C)c2ccccc2N1. The van der Waals surface area contributed by atoms with Crippen LogP contribution < -0.4 is 5.32 Å². The summed E-state index contributed by atoms with van der Waals surface area (Å²) in [6, 6.07) is 8.42. The van der Waals surface area contributed by atoms with E-state index in [-0.39, 0.29) is 17.9 Å². The molecule has 4 heteroatoms. The Morgan fingerprint density at radius 1 is 1.43 bits per heavy atom. The van der Waals surface area contributed by atoms with Crippen LogP contribution in [0.3, 0.4) is 0 Å². The molecule has 0 fully saturated rings. The number of benzene rings is 1. The number of nitrogens with zero attached hydrogens (tertiary/aromatic N) is 1. The summed E-state index contributed by atoms with van der Waals surface area (Å²) in [5, 5.41) is 3.45. The molecule has 2 atom stereocenters. The van der Waals surface area contributed by atoms with E-state index in [0.717, 1.165) is 17.7 Å². The van der Waals surface area contributed by atoms with Gasteiger partial charge in [0.2, 0.25) is 5.91 Å². The zero-order chi connectivity index (χ0) is 15.4. The van der Waals surface area contributed by atoms with Gasteiger partial charge in [0.15, 0.2) is 0 Å². The second-order valence-corrected chi connectivity index (χ2v) is 6.10. The van der Waals surface area contributed by atoms with Gasteiger partial charge >= 0.3 is 0 Å². The first-order valence-electron chi connectivity index (χ1n) is 7.71. The fourth-order valence-corrected chi connectivity index (χ4v) is 2.77. The molecule has 0 spiro atoms. The van der Waals surface area contributed by atoms with Crippen LogP contribution >= 0.6 is 0 Å². The van der Waals surface area contributed by atoms with E-state index < -0.39 is 0 Å². The Morgan fingerprint density at radius 2 is 2.14 bits per heavy atom. The second kappa shape index (κ2) is 6.94. The minimum atomic E-state index is -0.0542. The van der Waals surface area contributed by atoms with Gasteiger partial charge in [0.25, 0.3) is 0 Å². The first kappa shape index (κ1) is 15.8. The van der Waals surface area contributed by atoms with Crippen LogP contribution in [0.2, 0.25) is 0 Å². The van der Waals surface area contributed by atoms with Gasteiger partial charge < -0.3 is 15.0 Å². The molecule has 1 N–H and O–H groups in total. The summed E-state index contributed by atoms with van der Waals surface area (Å²) in [4.78, 5) is 14.5. The van der Waals surface area contributed by atoms with E-state index in [9.17, 15) is 4.79 Å². The number of amides is 1. The topological polar surface area (TPSA) is 41.6 Å². The molecule has 0 aliphatic carbocycles. The molecule has 4 nitrogen and oxygen atoms in total. The van der Waals surface area contributed by atoms with Crippen molar-refractivity contribution in [3.8, 4) is 0 Å². The van der Waals surface area contributed by atoms with Crippen LogP contribution in [0.15, 0.2) is 24.3 Å². The van der Waals surface area contributed by atoms with Crippen molar-refractivity contribution in [2.45, 2.75) is 45.3 Å². The maximum Gasteiger partial charge on any atom is 0.230 e. The highest BCUT2D eigenvalue weighted by Crippen LogP contribution is 2.35. The molecule has 0 radical (unpaired) electrons. The van der Waals surface area contributed by atoms with E-state index in [0.29, 0.717) is 19.2 Å². The van der Waals surface area contributed by atoms with Gasteiger partial charge in [-0.3, -0.25) is 4.79 Å². The Labute approximate surface area is 127 Å². The lowest BCUT2D eigenvalue weighted by atomic mass is 9.86. The summed E-state index contributed by atoms with van der Waals surface area (Å²) in [5.41, 5.74) is 2.19. The van der Waals surface area contributed by atoms with Gasteiger partial charge in [0.1, 0.15) is 0 Å². The third-order valence-electron chi connectivity index (χ3n) is 3.88. The van der Waals surface area contributed by atoms with Crippen molar-refractivity contribution in [1.82, 2.24) is 4.90 Å². The molecular weight excluding hydrogens is 264 g/mol. The highest BCUT2D eigenvalue weighted by Gasteiger charge is 2.31. The zero-order valence-electron chi connectivity index (χ0n) is 13.4. The lowest BCUT2D eigenvalue weighted by molar-refractivity contribution is -0.132. The standard InChI is InChI=1S/C17H26N2O2/c1-12(2)21-10-9-19(4)17(20)15-11-13(3)18-16-8-6-5-7-14(15)16/h5-8,12-13,15,18H,9-11H2,1-4H3. The molecule has 1 heterocycles. The minimum absolute atomic E-state index is 0.0542. The van der Waals surface area contributed by atoms with Crippen LogP contribution in [-0.2, 0) is 9.53 Å². The Hall–Kier alpha value is -1.55. The normalized spacial score (nSPS) is 20.8. The van der Waals surface area contributed by atoms with E-state index in [2.05, 4.69) is 18.3 Å². The summed E-state index contributed by atoms with van der Waals surface area (Å²) in [6.45, 7) is 7.36. The molecule has 2 rings (SSSR count). The number of hydrogen-bond donors (Lipinski definition) is 1. The van der Waals surface area contributed by atoms with Gasteiger partial charge in [-0.2, -0.15) is 0 Å². The Kier molecular flexibility index (Phi) is 5.23. The van der Waals surface area contributed by atoms with E-state index in [4.69, 9.17) is 4.74 Å². The number of carbonyl (C=O) groups excluding carboxylic acids is 1. The molecule has 1 amide bonds. The Morgan fingerprint density at radius 3 is 2.86 bits per heavy atom. The van der Waals surface area contributed by atoms with Crippen LogP contribution in [0, 0.1) is 0 Å². The summed E-state index contributed by atoms with van der Waals surface area (Å²) in [6.07, 6.45) is 1.04. The van der Waals surface area contributed by atoms with Crippen molar-refractivity contribution in [3.63, 3.8) is 0 Å². The van der Waals surface area contributed by atoms with Crippen molar-refractivity contribution in [2.24, 2.45) is 0 Å². The van der Waals surface area contributed by atoms with Crippen molar-refractivity contribution in [2.75, 3.05) is 25.5 Å². The van der Waals surface area contributed by atoms with E-state index in [1.165, 1.54) is 0 Å².